The van der Waals surface area contributed by atoms with Crippen molar-refractivity contribution in [2.45, 2.75) is 39.5 Å². The summed E-state index contributed by atoms with van der Waals surface area (Å²) in [5.41, 5.74) is 4.87. The number of rotatable bonds is 4. The van der Waals surface area contributed by atoms with Gasteiger partial charge in [-0.3, -0.25) is 4.79 Å². The van der Waals surface area contributed by atoms with Crippen LogP contribution in [0.15, 0.2) is 5.16 Å². The van der Waals surface area contributed by atoms with E-state index in [1.165, 1.54) is 0 Å². The van der Waals surface area contributed by atoms with E-state index in [0.29, 0.717) is 12.8 Å². The first kappa shape index (κ1) is 12.8. The molecule has 5 nitrogen and oxygen atoms in total. The maximum atomic E-state index is 12.4. The predicted octanol–water partition coefficient (Wildman–Crippen LogP) is 1.16. The van der Waals surface area contributed by atoms with Gasteiger partial charge in [-0.25, -0.2) is 0 Å². The SMILES string of the molecule is CCC(CC)(C(=O)N1CCCC1)C(N)=NO. The normalized spacial score (nSPS) is 17.9. The summed E-state index contributed by atoms with van der Waals surface area (Å²) in [5, 5.41) is 11.9. The van der Waals surface area contributed by atoms with Crippen molar-refractivity contribution < 1.29 is 10.0 Å². The molecule has 16 heavy (non-hydrogen) atoms. The Morgan fingerprint density at radius 1 is 1.38 bits per heavy atom. The van der Waals surface area contributed by atoms with Crippen LogP contribution in [0.2, 0.25) is 0 Å². The lowest BCUT2D eigenvalue weighted by molar-refractivity contribution is -0.137. The molecule has 1 fully saturated rings. The van der Waals surface area contributed by atoms with Gasteiger partial charge in [0.2, 0.25) is 5.91 Å². The van der Waals surface area contributed by atoms with Crippen LogP contribution in [-0.2, 0) is 4.79 Å². The highest BCUT2D eigenvalue weighted by Crippen LogP contribution is 2.30. The van der Waals surface area contributed by atoms with Gasteiger partial charge >= 0.3 is 0 Å². The van der Waals surface area contributed by atoms with Crippen LogP contribution < -0.4 is 5.73 Å². The van der Waals surface area contributed by atoms with Crippen LogP contribution in [0.25, 0.3) is 0 Å². The Morgan fingerprint density at radius 3 is 2.25 bits per heavy atom. The molecule has 1 saturated heterocycles. The highest BCUT2D eigenvalue weighted by molar-refractivity contribution is 6.06. The molecule has 0 saturated carbocycles. The van der Waals surface area contributed by atoms with Crippen molar-refractivity contribution in [2.24, 2.45) is 16.3 Å². The number of nitrogens with zero attached hydrogens (tertiary/aromatic N) is 2. The van der Waals surface area contributed by atoms with E-state index >= 15 is 0 Å². The lowest BCUT2D eigenvalue weighted by atomic mass is 9.79. The fourth-order valence-corrected chi connectivity index (χ4v) is 2.34. The molecule has 1 amide bonds. The third-order valence-corrected chi connectivity index (χ3v) is 3.61. The summed E-state index contributed by atoms with van der Waals surface area (Å²) in [5.74, 6) is 0.0414. The zero-order valence-corrected chi connectivity index (χ0v) is 10.1. The first-order chi connectivity index (χ1) is 7.62. The molecule has 0 aromatic heterocycles. The minimum absolute atomic E-state index is 0.00491. The summed E-state index contributed by atoms with van der Waals surface area (Å²) in [4.78, 5) is 14.2. The Kier molecular flexibility index (Phi) is 4.15. The van der Waals surface area contributed by atoms with Crippen molar-refractivity contribution in [3.63, 3.8) is 0 Å². The number of nitrogens with two attached hydrogens (primary N) is 1. The second-order valence-corrected chi connectivity index (χ2v) is 4.27. The Balaban J connectivity index is 2.95. The summed E-state index contributed by atoms with van der Waals surface area (Å²) < 4.78 is 0. The van der Waals surface area contributed by atoms with Gasteiger partial charge in [0, 0.05) is 13.1 Å². The average Bonchev–Trinajstić information content (AvgIpc) is 2.84. The second kappa shape index (κ2) is 5.18. The molecular weight excluding hydrogens is 206 g/mol. The monoisotopic (exact) mass is 227 g/mol. The number of hydrogen-bond acceptors (Lipinski definition) is 3. The van der Waals surface area contributed by atoms with Crippen LogP contribution >= 0.6 is 0 Å². The molecule has 1 heterocycles. The molecule has 0 unspecified atom stereocenters. The highest BCUT2D eigenvalue weighted by Gasteiger charge is 2.42. The first-order valence-corrected chi connectivity index (χ1v) is 5.89. The second-order valence-electron chi connectivity index (χ2n) is 4.27. The van der Waals surface area contributed by atoms with Gasteiger partial charge in [0.25, 0.3) is 0 Å². The van der Waals surface area contributed by atoms with E-state index in [9.17, 15) is 4.79 Å². The Bertz CT molecular complexity index is 279. The minimum Gasteiger partial charge on any atom is -0.409 e. The average molecular weight is 227 g/mol. The van der Waals surface area contributed by atoms with Gasteiger partial charge in [-0.15, -0.1) is 0 Å². The molecule has 1 aliphatic rings. The van der Waals surface area contributed by atoms with Crippen LogP contribution in [-0.4, -0.2) is 34.9 Å². The number of oxime groups is 1. The molecule has 1 aliphatic heterocycles. The van der Waals surface area contributed by atoms with E-state index in [2.05, 4.69) is 5.16 Å². The summed E-state index contributed by atoms with van der Waals surface area (Å²) in [6, 6.07) is 0. The van der Waals surface area contributed by atoms with Gasteiger partial charge < -0.3 is 15.8 Å². The van der Waals surface area contributed by atoms with Crippen LogP contribution in [0.5, 0.6) is 0 Å². The maximum Gasteiger partial charge on any atom is 0.236 e. The first-order valence-electron chi connectivity index (χ1n) is 5.89. The molecule has 0 aliphatic carbocycles. The van der Waals surface area contributed by atoms with Crippen LogP contribution in [0.3, 0.4) is 0 Å². The molecular formula is C11H21N3O2. The highest BCUT2D eigenvalue weighted by atomic mass is 16.4. The van der Waals surface area contributed by atoms with Gasteiger partial charge in [0.15, 0.2) is 5.84 Å². The lowest BCUT2D eigenvalue weighted by Crippen LogP contribution is -2.50. The quantitative estimate of drug-likeness (QED) is 0.327. The molecule has 1 rings (SSSR count). The van der Waals surface area contributed by atoms with E-state index < -0.39 is 5.41 Å². The smallest absolute Gasteiger partial charge is 0.236 e. The van der Waals surface area contributed by atoms with Gasteiger partial charge in [-0.2, -0.15) is 0 Å². The van der Waals surface area contributed by atoms with Crippen molar-refractivity contribution in [1.29, 1.82) is 0 Å². The molecule has 0 radical (unpaired) electrons. The summed E-state index contributed by atoms with van der Waals surface area (Å²) in [6.07, 6.45) is 3.22. The van der Waals surface area contributed by atoms with E-state index in [4.69, 9.17) is 10.9 Å². The minimum atomic E-state index is -0.820. The van der Waals surface area contributed by atoms with Gasteiger partial charge in [0.1, 0.15) is 5.41 Å². The fourth-order valence-electron chi connectivity index (χ4n) is 2.34. The largest absolute Gasteiger partial charge is 0.409 e. The van der Waals surface area contributed by atoms with E-state index in [1.54, 1.807) is 0 Å². The van der Waals surface area contributed by atoms with E-state index in [0.717, 1.165) is 25.9 Å². The summed E-state index contributed by atoms with van der Waals surface area (Å²) in [7, 11) is 0. The molecule has 92 valence electrons. The summed E-state index contributed by atoms with van der Waals surface area (Å²) in [6.45, 7) is 5.38. The predicted molar refractivity (Wildman–Crippen MR) is 62.2 cm³/mol. The van der Waals surface area contributed by atoms with Crippen LogP contribution in [0.1, 0.15) is 39.5 Å². The number of amidine groups is 1. The number of hydrogen-bond donors (Lipinski definition) is 2. The van der Waals surface area contributed by atoms with Gasteiger partial charge in [-0.05, 0) is 25.7 Å². The van der Waals surface area contributed by atoms with Gasteiger partial charge in [0.05, 0.1) is 0 Å². The molecule has 3 N–H and O–H groups in total. The van der Waals surface area contributed by atoms with E-state index in [1.807, 2.05) is 18.7 Å². The Labute approximate surface area is 96.3 Å². The molecule has 0 aromatic carbocycles. The number of carbonyl (C=O) groups excluding carboxylic acids is 1. The van der Waals surface area contributed by atoms with E-state index in [-0.39, 0.29) is 11.7 Å². The van der Waals surface area contributed by atoms with Crippen LogP contribution in [0.4, 0.5) is 0 Å². The van der Waals surface area contributed by atoms with Crippen molar-refractivity contribution in [2.75, 3.05) is 13.1 Å². The summed E-state index contributed by atoms with van der Waals surface area (Å²) >= 11 is 0. The standard InChI is InChI=1S/C11H21N3O2/c1-3-11(4-2,9(12)13-16)10(15)14-7-5-6-8-14/h16H,3-8H2,1-2H3,(H2,12,13). The molecule has 0 aromatic rings. The molecule has 0 bridgehead atoms. The Morgan fingerprint density at radius 2 is 1.88 bits per heavy atom. The zero-order chi connectivity index (χ0) is 12.2. The molecule has 0 spiro atoms. The van der Waals surface area contributed by atoms with Crippen molar-refractivity contribution >= 4 is 11.7 Å². The van der Waals surface area contributed by atoms with Crippen LogP contribution in [0, 0.1) is 5.41 Å². The van der Waals surface area contributed by atoms with Crippen molar-refractivity contribution in [1.82, 2.24) is 4.90 Å². The third-order valence-electron chi connectivity index (χ3n) is 3.61. The molecule has 5 heteroatoms. The van der Waals surface area contributed by atoms with Crippen molar-refractivity contribution in [3.8, 4) is 0 Å². The Hall–Kier alpha value is -1.26. The topological polar surface area (TPSA) is 78.9 Å². The van der Waals surface area contributed by atoms with Gasteiger partial charge in [-0.1, -0.05) is 19.0 Å². The number of likely N-dealkylation sites (tertiary alicyclic amines) is 1. The third kappa shape index (κ3) is 1.99. The molecule has 0 atom stereocenters. The zero-order valence-electron chi connectivity index (χ0n) is 10.1. The maximum absolute atomic E-state index is 12.4. The lowest BCUT2D eigenvalue weighted by Gasteiger charge is -2.32. The fraction of sp³-hybridized carbons (Fsp3) is 0.818. The number of carbonyl (C=O) groups is 1. The number of amides is 1. The van der Waals surface area contributed by atoms with Crippen molar-refractivity contribution in [3.05, 3.63) is 0 Å².